The van der Waals surface area contributed by atoms with Gasteiger partial charge in [0.25, 0.3) is 0 Å². The van der Waals surface area contributed by atoms with Crippen LogP contribution in [-0.2, 0) is 4.74 Å². The average Bonchev–Trinajstić information content (AvgIpc) is 3.34. The van der Waals surface area contributed by atoms with E-state index in [2.05, 4.69) is 15.5 Å². The summed E-state index contributed by atoms with van der Waals surface area (Å²) in [5, 5.41) is 19.4. The minimum absolute atomic E-state index is 0.0429. The van der Waals surface area contributed by atoms with Crippen molar-refractivity contribution in [1.82, 2.24) is 10.1 Å². The van der Waals surface area contributed by atoms with Gasteiger partial charge in [-0.1, -0.05) is 5.16 Å². The molecule has 0 spiro atoms. The van der Waals surface area contributed by atoms with E-state index >= 15 is 0 Å². The van der Waals surface area contributed by atoms with Crippen LogP contribution in [0.1, 0.15) is 24.3 Å². The number of anilines is 1. The molecule has 4 rings (SSSR count). The second kappa shape index (κ2) is 7.67. The third-order valence-corrected chi connectivity index (χ3v) is 5.20. The number of hydrogen-bond acceptors (Lipinski definition) is 8. The molecule has 1 aliphatic heterocycles. The number of nitrogens with one attached hydrogen (secondary N) is 1. The molecule has 1 N–H and O–H groups in total. The van der Waals surface area contributed by atoms with E-state index in [1.54, 1.807) is 13.2 Å². The first-order chi connectivity index (χ1) is 14.0. The van der Waals surface area contributed by atoms with Gasteiger partial charge >= 0.3 is 5.69 Å². The summed E-state index contributed by atoms with van der Waals surface area (Å²) < 4.78 is 16.5. The highest BCUT2D eigenvalue weighted by Gasteiger charge is 2.24. The Morgan fingerprint density at radius 1 is 1.38 bits per heavy atom. The van der Waals surface area contributed by atoms with Crippen molar-refractivity contribution in [2.24, 2.45) is 0 Å². The van der Waals surface area contributed by atoms with Crippen molar-refractivity contribution in [1.29, 1.82) is 0 Å². The minimum atomic E-state index is -0.432. The molecule has 1 fully saturated rings. The molecule has 3 aromatic rings. The third kappa shape index (κ3) is 3.49. The molecule has 1 atom stereocenters. The molecule has 0 unspecified atom stereocenters. The predicted molar refractivity (Wildman–Crippen MR) is 107 cm³/mol. The number of methoxy groups -OCH3 is 1. The second-order valence-corrected chi connectivity index (χ2v) is 7.06. The Bertz CT molecular complexity index is 1050. The van der Waals surface area contributed by atoms with Crippen molar-refractivity contribution < 1.29 is 18.9 Å². The lowest BCUT2D eigenvalue weighted by Gasteiger charge is -2.16. The Morgan fingerprint density at radius 3 is 2.83 bits per heavy atom. The van der Waals surface area contributed by atoms with Gasteiger partial charge < -0.3 is 19.3 Å². The van der Waals surface area contributed by atoms with Crippen LogP contribution in [-0.4, -0.2) is 41.4 Å². The molecule has 2 aromatic heterocycles. The lowest BCUT2D eigenvalue weighted by Crippen LogP contribution is -2.19. The number of benzene rings is 1. The largest absolute Gasteiger partial charge is 0.496 e. The van der Waals surface area contributed by atoms with Crippen molar-refractivity contribution in [3.05, 3.63) is 39.9 Å². The topological polar surface area (TPSA) is 113 Å². The number of nitrogens with zero attached hydrogens (tertiary/aromatic N) is 3. The fourth-order valence-corrected chi connectivity index (χ4v) is 3.79. The summed E-state index contributed by atoms with van der Waals surface area (Å²) in [6, 6.07) is 3.62. The van der Waals surface area contributed by atoms with Gasteiger partial charge in [0.05, 0.1) is 34.9 Å². The van der Waals surface area contributed by atoms with Crippen LogP contribution in [0, 0.1) is 24.0 Å². The third-order valence-electron chi connectivity index (χ3n) is 5.20. The van der Waals surface area contributed by atoms with E-state index in [0.717, 1.165) is 36.3 Å². The molecule has 1 aromatic carbocycles. The molecule has 9 heteroatoms. The summed E-state index contributed by atoms with van der Waals surface area (Å²) >= 11 is 0. The first-order valence-corrected chi connectivity index (χ1v) is 9.43. The van der Waals surface area contributed by atoms with Crippen LogP contribution in [0.15, 0.2) is 22.9 Å². The smallest absolute Gasteiger partial charge is 0.311 e. The molecular formula is C20H22N4O5. The fourth-order valence-electron chi connectivity index (χ4n) is 3.79. The molecule has 0 radical (unpaired) electrons. The van der Waals surface area contributed by atoms with Crippen LogP contribution < -0.4 is 10.1 Å². The van der Waals surface area contributed by atoms with Crippen LogP contribution in [0.5, 0.6) is 5.75 Å². The van der Waals surface area contributed by atoms with Gasteiger partial charge in [-0.15, -0.1) is 0 Å². The van der Waals surface area contributed by atoms with Gasteiger partial charge in [-0.3, -0.25) is 10.1 Å². The Balaban J connectivity index is 1.85. The number of fused-ring (bicyclic) bond motifs is 1. The lowest BCUT2D eigenvalue weighted by atomic mass is 10.00. The van der Waals surface area contributed by atoms with Gasteiger partial charge in [-0.2, -0.15) is 0 Å². The number of pyridine rings is 1. The maximum absolute atomic E-state index is 11.6. The number of aromatic nitrogens is 2. The fraction of sp³-hybridized carbons (Fsp3) is 0.400. The summed E-state index contributed by atoms with van der Waals surface area (Å²) in [5.74, 6) is 1.23. The molecule has 0 bridgehead atoms. The van der Waals surface area contributed by atoms with Gasteiger partial charge in [-0.25, -0.2) is 4.98 Å². The maximum Gasteiger partial charge on any atom is 0.311 e. The highest BCUT2D eigenvalue weighted by Crippen LogP contribution is 2.41. The quantitative estimate of drug-likeness (QED) is 0.489. The average molecular weight is 398 g/mol. The Hall–Kier alpha value is -3.20. The molecule has 152 valence electrons. The standard InChI is InChI=1S/C20H22N4O5/c1-11-19(12(2)29-23-11)15-7-16-14(8-18(15)27-3)20(17(10-21-16)24(25)26)22-9-13-5-4-6-28-13/h7-8,10,13H,4-6,9H2,1-3H3,(H,21,22)/t13-/m1/s1. The zero-order valence-corrected chi connectivity index (χ0v) is 16.5. The summed E-state index contributed by atoms with van der Waals surface area (Å²) in [6.07, 6.45) is 3.26. The SMILES string of the molecule is COc1cc2c(NC[C@H]3CCCO3)c([N+](=O)[O-])cnc2cc1-c1c(C)noc1C. The van der Waals surface area contributed by atoms with Gasteiger partial charge in [-0.05, 0) is 38.8 Å². The zero-order chi connectivity index (χ0) is 20.5. The summed E-state index contributed by atoms with van der Waals surface area (Å²) in [5.41, 5.74) is 3.29. The molecule has 3 heterocycles. The molecule has 1 aliphatic rings. The molecule has 0 aliphatic carbocycles. The molecule has 1 saturated heterocycles. The number of rotatable bonds is 6. The Morgan fingerprint density at radius 2 is 2.21 bits per heavy atom. The molecule has 9 nitrogen and oxygen atoms in total. The van der Waals surface area contributed by atoms with Gasteiger partial charge in [0.1, 0.15) is 23.4 Å². The highest BCUT2D eigenvalue weighted by molar-refractivity contribution is 5.99. The minimum Gasteiger partial charge on any atom is -0.496 e. The van der Waals surface area contributed by atoms with Crippen molar-refractivity contribution in [2.75, 3.05) is 25.6 Å². The van der Waals surface area contributed by atoms with E-state index in [1.807, 2.05) is 19.9 Å². The monoisotopic (exact) mass is 398 g/mol. The van der Waals surface area contributed by atoms with E-state index in [0.29, 0.717) is 34.6 Å². The summed E-state index contributed by atoms with van der Waals surface area (Å²) in [4.78, 5) is 15.5. The first-order valence-electron chi connectivity index (χ1n) is 9.43. The maximum atomic E-state index is 11.6. The summed E-state index contributed by atoms with van der Waals surface area (Å²) in [6.45, 7) is 4.90. The molecule has 0 amide bonds. The van der Waals surface area contributed by atoms with Crippen molar-refractivity contribution in [3.63, 3.8) is 0 Å². The van der Waals surface area contributed by atoms with Crippen molar-refractivity contribution in [2.45, 2.75) is 32.8 Å². The highest BCUT2D eigenvalue weighted by atomic mass is 16.6. The molecule has 29 heavy (non-hydrogen) atoms. The van der Waals surface area contributed by atoms with Gasteiger partial charge in [0.15, 0.2) is 0 Å². The van der Waals surface area contributed by atoms with E-state index in [4.69, 9.17) is 14.0 Å². The van der Waals surface area contributed by atoms with Crippen LogP contribution in [0.25, 0.3) is 22.0 Å². The normalized spacial score (nSPS) is 16.3. The Kier molecular flexibility index (Phi) is 5.06. The number of nitro groups is 1. The van der Waals surface area contributed by atoms with Gasteiger partial charge in [0.2, 0.25) is 0 Å². The van der Waals surface area contributed by atoms with Crippen LogP contribution in [0.4, 0.5) is 11.4 Å². The van der Waals surface area contributed by atoms with E-state index < -0.39 is 4.92 Å². The zero-order valence-electron chi connectivity index (χ0n) is 16.5. The van der Waals surface area contributed by atoms with E-state index in [1.165, 1.54) is 6.20 Å². The predicted octanol–water partition coefficient (Wildman–Crippen LogP) is 4.01. The van der Waals surface area contributed by atoms with Crippen molar-refractivity contribution in [3.8, 4) is 16.9 Å². The van der Waals surface area contributed by atoms with Crippen LogP contribution in [0.2, 0.25) is 0 Å². The van der Waals surface area contributed by atoms with Gasteiger partial charge in [0, 0.05) is 24.1 Å². The Labute approximate surface area is 167 Å². The van der Waals surface area contributed by atoms with E-state index in [-0.39, 0.29) is 11.8 Å². The lowest BCUT2D eigenvalue weighted by molar-refractivity contribution is -0.384. The molecular weight excluding hydrogens is 376 g/mol. The number of ether oxygens (including phenoxy) is 2. The van der Waals surface area contributed by atoms with Crippen LogP contribution in [0.3, 0.4) is 0 Å². The number of hydrogen-bond donors (Lipinski definition) is 1. The first kappa shape index (κ1) is 19.1. The number of aryl methyl sites for hydroxylation is 2. The van der Waals surface area contributed by atoms with Crippen LogP contribution >= 0.6 is 0 Å². The van der Waals surface area contributed by atoms with Crippen molar-refractivity contribution >= 4 is 22.3 Å². The summed E-state index contributed by atoms with van der Waals surface area (Å²) in [7, 11) is 1.56. The molecule has 0 saturated carbocycles. The second-order valence-electron chi connectivity index (χ2n) is 7.06. The van der Waals surface area contributed by atoms with E-state index in [9.17, 15) is 10.1 Å².